The van der Waals surface area contributed by atoms with Crippen molar-refractivity contribution in [3.63, 3.8) is 0 Å². The van der Waals surface area contributed by atoms with Crippen LogP contribution in [0.3, 0.4) is 0 Å². The smallest absolute Gasteiger partial charge is 0.335 e. The van der Waals surface area contributed by atoms with E-state index in [0.29, 0.717) is 12.2 Å². The van der Waals surface area contributed by atoms with Crippen LogP contribution in [0.2, 0.25) is 0 Å². The molecule has 0 saturated carbocycles. The maximum atomic E-state index is 11.1. The molecular weight excluding hydrogens is 288 g/mol. The summed E-state index contributed by atoms with van der Waals surface area (Å²) in [7, 11) is 0. The third-order valence-electron chi connectivity index (χ3n) is 4.28. The molecule has 3 nitrogen and oxygen atoms in total. The van der Waals surface area contributed by atoms with Gasteiger partial charge in [0.15, 0.2) is 0 Å². The van der Waals surface area contributed by atoms with Gasteiger partial charge in [-0.3, -0.25) is 0 Å². The van der Waals surface area contributed by atoms with Crippen molar-refractivity contribution in [2.75, 3.05) is 6.61 Å². The van der Waals surface area contributed by atoms with Crippen LogP contribution in [0.25, 0.3) is 10.8 Å². The number of benzene rings is 2. The van der Waals surface area contributed by atoms with Gasteiger partial charge < -0.3 is 10.2 Å². The van der Waals surface area contributed by atoms with Gasteiger partial charge >= 0.3 is 5.97 Å². The Labute approximate surface area is 138 Å². The molecule has 2 aromatic carbocycles. The van der Waals surface area contributed by atoms with Gasteiger partial charge in [-0.1, -0.05) is 56.4 Å². The highest BCUT2D eigenvalue weighted by atomic mass is 16.4. The molecule has 0 saturated heterocycles. The maximum Gasteiger partial charge on any atom is 0.335 e. The molecule has 124 valence electrons. The first-order valence-electron chi connectivity index (χ1n) is 8.57. The molecule has 0 spiro atoms. The van der Waals surface area contributed by atoms with Crippen molar-refractivity contribution in [3.05, 3.63) is 47.5 Å². The van der Waals surface area contributed by atoms with Crippen LogP contribution in [0.5, 0.6) is 0 Å². The second-order valence-corrected chi connectivity index (χ2v) is 6.15. The molecule has 0 amide bonds. The number of hydrogen-bond acceptors (Lipinski definition) is 2. The molecule has 3 heteroatoms. The zero-order valence-electron chi connectivity index (χ0n) is 13.6. The lowest BCUT2D eigenvalue weighted by molar-refractivity contribution is 0.0697. The van der Waals surface area contributed by atoms with Crippen LogP contribution in [-0.4, -0.2) is 22.8 Å². The van der Waals surface area contributed by atoms with Crippen molar-refractivity contribution in [1.82, 2.24) is 0 Å². The summed E-state index contributed by atoms with van der Waals surface area (Å²) >= 11 is 0. The van der Waals surface area contributed by atoms with Gasteiger partial charge in [-0.05, 0) is 47.7 Å². The summed E-state index contributed by atoms with van der Waals surface area (Å²) in [5, 5.41) is 19.9. The Morgan fingerprint density at radius 2 is 1.43 bits per heavy atom. The number of aliphatic hydroxyl groups is 1. The van der Waals surface area contributed by atoms with Gasteiger partial charge in [0.25, 0.3) is 0 Å². The molecule has 0 aliphatic carbocycles. The maximum absolute atomic E-state index is 11.1. The molecule has 0 aliphatic heterocycles. The van der Waals surface area contributed by atoms with E-state index >= 15 is 0 Å². The van der Waals surface area contributed by atoms with Gasteiger partial charge in [0.2, 0.25) is 0 Å². The zero-order chi connectivity index (χ0) is 16.5. The first-order chi connectivity index (χ1) is 11.2. The third-order valence-corrected chi connectivity index (χ3v) is 4.28. The first-order valence-corrected chi connectivity index (χ1v) is 8.57. The average molecular weight is 314 g/mol. The van der Waals surface area contributed by atoms with E-state index in [1.54, 1.807) is 12.1 Å². The molecule has 0 fully saturated rings. The Hall–Kier alpha value is -1.87. The average Bonchev–Trinajstić information content (AvgIpc) is 2.56. The molecule has 0 heterocycles. The zero-order valence-corrected chi connectivity index (χ0v) is 13.6. The Balaban J connectivity index is 1.80. The molecule has 2 aromatic rings. The number of unbranched alkanes of at least 4 members (excludes halogenated alkanes) is 6. The van der Waals surface area contributed by atoms with Gasteiger partial charge in [0.1, 0.15) is 0 Å². The largest absolute Gasteiger partial charge is 0.478 e. The lowest BCUT2D eigenvalue weighted by Crippen LogP contribution is -1.95. The van der Waals surface area contributed by atoms with Gasteiger partial charge in [-0.15, -0.1) is 0 Å². The fraction of sp³-hybridized carbons (Fsp3) is 0.450. The van der Waals surface area contributed by atoms with E-state index in [1.165, 1.54) is 37.7 Å². The number of carboxylic acids is 1. The summed E-state index contributed by atoms with van der Waals surface area (Å²) in [5.41, 5.74) is 1.62. The quantitative estimate of drug-likeness (QED) is 0.619. The number of aliphatic hydroxyl groups excluding tert-OH is 1. The SMILES string of the molecule is O=C(O)c1ccc2ccc(CCCCCCCCCO)cc2c1. The number of fused-ring (bicyclic) bond motifs is 1. The Bertz CT molecular complexity index is 634. The van der Waals surface area contributed by atoms with Crippen LogP contribution < -0.4 is 0 Å². The van der Waals surface area contributed by atoms with E-state index in [1.807, 2.05) is 6.07 Å². The number of rotatable bonds is 10. The normalized spacial score (nSPS) is 11.0. The fourth-order valence-electron chi connectivity index (χ4n) is 2.91. The molecule has 2 N–H and O–H groups in total. The Kier molecular flexibility index (Phi) is 7.08. The van der Waals surface area contributed by atoms with Crippen LogP contribution >= 0.6 is 0 Å². The van der Waals surface area contributed by atoms with Crippen molar-refractivity contribution in [2.24, 2.45) is 0 Å². The van der Waals surface area contributed by atoms with E-state index in [4.69, 9.17) is 10.2 Å². The summed E-state index contributed by atoms with van der Waals surface area (Å²) < 4.78 is 0. The molecule has 0 unspecified atom stereocenters. The summed E-state index contributed by atoms with van der Waals surface area (Å²) in [4.78, 5) is 11.1. The minimum Gasteiger partial charge on any atom is -0.478 e. The molecule has 23 heavy (non-hydrogen) atoms. The van der Waals surface area contributed by atoms with Crippen molar-refractivity contribution < 1.29 is 15.0 Å². The van der Waals surface area contributed by atoms with Crippen molar-refractivity contribution >= 4 is 16.7 Å². The van der Waals surface area contributed by atoms with Gasteiger partial charge in [0, 0.05) is 6.61 Å². The number of aromatic carboxylic acids is 1. The van der Waals surface area contributed by atoms with Crippen molar-refractivity contribution in [2.45, 2.75) is 51.4 Å². The third kappa shape index (κ3) is 5.68. The second kappa shape index (κ2) is 9.31. The lowest BCUT2D eigenvalue weighted by atomic mass is 10.0. The van der Waals surface area contributed by atoms with Crippen LogP contribution in [0.1, 0.15) is 60.9 Å². The van der Waals surface area contributed by atoms with Gasteiger partial charge in [-0.25, -0.2) is 4.79 Å². The lowest BCUT2D eigenvalue weighted by Gasteiger charge is -2.05. The van der Waals surface area contributed by atoms with Crippen molar-refractivity contribution in [3.8, 4) is 0 Å². The summed E-state index contributed by atoms with van der Waals surface area (Å²) in [6.07, 6.45) is 9.22. The van der Waals surface area contributed by atoms with E-state index in [-0.39, 0.29) is 0 Å². The summed E-state index contributed by atoms with van der Waals surface area (Å²) in [6.45, 7) is 0.311. The molecular formula is C20H26O3. The number of hydrogen-bond donors (Lipinski definition) is 2. The molecule has 0 radical (unpaired) electrons. The highest BCUT2D eigenvalue weighted by molar-refractivity contribution is 5.94. The van der Waals surface area contributed by atoms with E-state index in [0.717, 1.165) is 30.0 Å². The number of aryl methyl sites for hydroxylation is 1. The van der Waals surface area contributed by atoms with E-state index in [2.05, 4.69) is 18.2 Å². The van der Waals surface area contributed by atoms with Gasteiger partial charge in [-0.2, -0.15) is 0 Å². The van der Waals surface area contributed by atoms with Crippen LogP contribution in [0.15, 0.2) is 36.4 Å². The predicted molar refractivity (Wildman–Crippen MR) is 94.0 cm³/mol. The topological polar surface area (TPSA) is 57.5 Å². The van der Waals surface area contributed by atoms with E-state index < -0.39 is 5.97 Å². The predicted octanol–water partition coefficient (Wildman–Crippen LogP) is 4.80. The van der Waals surface area contributed by atoms with Crippen LogP contribution in [-0.2, 0) is 6.42 Å². The molecule has 2 rings (SSSR count). The highest BCUT2D eigenvalue weighted by Gasteiger charge is 2.04. The fourth-order valence-corrected chi connectivity index (χ4v) is 2.91. The Morgan fingerprint density at radius 1 is 0.783 bits per heavy atom. The van der Waals surface area contributed by atoms with Crippen molar-refractivity contribution in [1.29, 1.82) is 0 Å². The summed E-state index contributed by atoms with van der Waals surface area (Å²) in [5.74, 6) is -0.876. The molecule has 0 atom stereocenters. The monoisotopic (exact) mass is 314 g/mol. The Morgan fingerprint density at radius 3 is 2.13 bits per heavy atom. The second-order valence-electron chi connectivity index (χ2n) is 6.15. The van der Waals surface area contributed by atoms with Crippen LogP contribution in [0, 0.1) is 0 Å². The minimum atomic E-state index is -0.876. The number of carboxylic acid groups (broad SMARTS) is 1. The molecule has 0 bridgehead atoms. The molecule has 0 aromatic heterocycles. The first kappa shape index (κ1) is 17.5. The highest BCUT2D eigenvalue weighted by Crippen LogP contribution is 2.20. The van der Waals surface area contributed by atoms with E-state index in [9.17, 15) is 4.79 Å². The molecule has 0 aliphatic rings. The van der Waals surface area contributed by atoms with Crippen LogP contribution in [0.4, 0.5) is 0 Å². The number of carbonyl (C=O) groups is 1. The standard InChI is InChI=1S/C20H26O3/c21-13-7-5-3-1-2-4-6-8-16-9-10-17-11-12-18(20(22)23)15-19(17)14-16/h9-12,14-15,21H,1-8,13H2,(H,22,23). The minimum absolute atomic E-state index is 0.311. The summed E-state index contributed by atoms with van der Waals surface area (Å²) in [6, 6.07) is 11.6. The van der Waals surface area contributed by atoms with Gasteiger partial charge in [0.05, 0.1) is 5.56 Å².